The zero-order valence-corrected chi connectivity index (χ0v) is 10.2. The summed E-state index contributed by atoms with van der Waals surface area (Å²) in [6, 6.07) is 1.62. The van der Waals surface area contributed by atoms with Gasteiger partial charge in [0.15, 0.2) is 0 Å². The average molecular weight is 237 g/mol. The number of aromatic nitrogens is 1. The van der Waals surface area contributed by atoms with Crippen LogP contribution in [0.25, 0.3) is 0 Å². The van der Waals surface area contributed by atoms with E-state index in [9.17, 15) is 4.79 Å². The van der Waals surface area contributed by atoms with Gasteiger partial charge < -0.3 is 16.2 Å². The predicted octanol–water partition coefficient (Wildman–Crippen LogP) is 0.863. The van der Waals surface area contributed by atoms with Crippen LogP contribution in [0.15, 0.2) is 12.3 Å². The van der Waals surface area contributed by atoms with Crippen molar-refractivity contribution in [3.05, 3.63) is 23.5 Å². The highest BCUT2D eigenvalue weighted by Crippen LogP contribution is 2.09. The number of aliphatic hydroxyl groups is 1. The fourth-order valence-electron chi connectivity index (χ4n) is 1.47. The van der Waals surface area contributed by atoms with Crippen molar-refractivity contribution in [3.8, 4) is 0 Å². The van der Waals surface area contributed by atoms with Gasteiger partial charge in [-0.15, -0.1) is 0 Å². The fraction of sp³-hybridized carbons (Fsp3) is 0.500. The lowest BCUT2D eigenvalue weighted by atomic mass is 10.1. The third-order valence-electron chi connectivity index (χ3n) is 2.44. The van der Waals surface area contributed by atoms with Crippen LogP contribution in [0.3, 0.4) is 0 Å². The number of nitrogens with one attached hydrogen (secondary N) is 1. The number of rotatable bonds is 5. The molecule has 0 bridgehead atoms. The molecule has 5 heteroatoms. The minimum absolute atomic E-state index is 0.173. The second-order valence-corrected chi connectivity index (χ2v) is 4.15. The highest BCUT2D eigenvalue weighted by atomic mass is 16.3. The highest BCUT2D eigenvalue weighted by molar-refractivity contribution is 5.95. The molecule has 1 heterocycles. The number of hydrogen-bond acceptors (Lipinski definition) is 4. The summed E-state index contributed by atoms with van der Waals surface area (Å²) in [7, 11) is 0. The molecule has 1 atom stereocenters. The van der Waals surface area contributed by atoms with Crippen LogP contribution in [0, 0.1) is 6.92 Å². The zero-order valence-electron chi connectivity index (χ0n) is 10.2. The lowest BCUT2D eigenvalue weighted by Gasteiger charge is -2.08. The number of amides is 1. The van der Waals surface area contributed by atoms with Gasteiger partial charge in [0, 0.05) is 6.54 Å². The van der Waals surface area contributed by atoms with E-state index in [0.29, 0.717) is 29.9 Å². The van der Waals surface area contributed by atoms with Crippen molar-refractivity contribution in [1.82, 2.24) is 10.3 Å². The molecule has 1 unspecified atom stereocenters. The molecular formula is C12H19N3O2. The predicted molar refractivity (Wildman–Crippen MR) is 66.6 cm³/mol. The first-order valence-corrected chi connectivity index (χ1v) is 5.69. The molecule has 1 amide bonds. The van der Waals surface area contributed by atoms with Crippen molar-refractivity contribution in [2.24, 2.45) is 0 Å². The fourth-order valence-corrected chi connectivity index (χ4v) is 1.47. The number of anilines is 1. The maximum absolute atomic E-state index is 11.8. The van der Waals surface area contributed by atoms with Crippen LogP contribution in [-0.2, 0) is 0 Å². The van der Waals surface area contributed by atoms with Crippen LogP contribution in [0.5, 0.6) is 0 Å². The van der Waals surface area contributed by atoms with Crippen molar-refractivity contribution < 1.29 is 9.90 Å². The number of nitrogens with zero attached hydrogens (tertiary/aromatic N) is 1. The molecule has 0 aliphatic heterocycles. The normalized spacial score (nSPS) is 12.2. The van der Waals surface area contributed by atoms with E-state index >= 15 is 0 Å². The lowest BCUT2D eigenvalue weighted by molar-refractivity contribution is 0.0948. The van der Waals surface area contributed by atoms with E-state index in [1.54, 1.807) is 19.9 Å². The van der Waals surface area contributed by atoms with Gasteiger partial charge in [0.1, 0.15) is 0 Å². The molecule has 0 aromatic carbocycles. The molecule has 94 valence electrons. The Balaban J connectivity index is 2.49. The van der Waals surface area contributed by atoms with Crippen molar-refractivity contribution >= 4 is 11.6 Å². The summed E-state index contributed by atoms with van der Waals surface area (Å²) in [5.74, 6) is -0.173. The summed E-state index contributed by atoms with van der Waals surface area (Å²) < 4.78 is 0. The monoisotopic (exact) mass is 237 g/mol. The maximum Gasteiger partial charge on any atom is 0.253 e. The van der Waals surface area contributed by atoms with Crippen molar-refractivity contribution in [2.75, 3.05) is 12.3 Å². The molecule has 0 radical (unpaired) electrons. The Bertz CT molecular complexity index is 391. The van der Waals surface area contributed by atoms with Gasteiger partial charge in [0.25, 0.3) is 5.91 Å². The molecule has 0 spiro atoms. The first kappa shape index (κ1) is 13.4. The Kier molecular flexibility index (Phi) is 4.90. The van der Waals surface area contributed by atoms with Gasteiger partial charge in [-0.25, -0.2) is 0 Å². The molecule has 0 aliphatic carbocycles. The molecule has 5 nitrogen and oxygen atoms in total. The third-order valence-corrected chi connectivity index (χ3v) is 2.44. The minimum atomic E-state index is -0.331. The Morgan fingerprint density at radius 3 is 3.00 bits per heavy atom. The number of aryl methyl sites for hydroxylation is 1. The zero-order chi connectivity index (χ0) is 12.8. The molecule has 0 saturated heterocycles. The second kappa shape index (κ2) is 6.20. The van der Waals surface area contributed by atoms with E-state index in [2.05, 4.69) is 10.3 Å². The molecule has 1 aromatic heterocycles. The third kappa shape index (κ3) is 4.40. The summed E-state index contributed by atoms with van der Waals surface area (Å²) in [5.41, 5.74) is 7.22. The minimum Gasteiger partial charge on any atom is -0.397 e. The number of hydrogen-bond donors (Lipinski definition) is 3. The standard InChI is InChI=1S/C12H19N3O2/c1-8(16)4-3-5-14-12(17)11-6-10(13)7-15-9(11)2/h6-8,16H,3-5,13H2,1-2H3,(H,14,17). The van der Waals surface area contributed by atoms with Crippen LogP contribution in [0.4, 0.5) is 5.69 Å². The molecule has 4 N–H and O–H groups in total. The smallest absolute Gasteiger partial charge is 0.253 e. The molecular weight excluding hydrogens is 218 g/mol. The first-order chi connectivity index (χ1) is 8.00. The van der Waals surface area contributed by atoms with Gasteiger partial charge in [-0.2, -0.15) is 0 Å². The Hall–Kier alpha value is -1.62. The molecule has 1 aromatic rings. The molecule has 0 fully saturated rings. The van der Waals surface area contributed by atoms with Gasteiger partial charge >= 0.3 is 0 Å². The van der Waals surface area contributed by atoms with Crippen LogP contribution >= 0.6 is 0 Å². The SMILES string of the molecule is Cc1ncc(N)cc1C(=O)NCCCC(C)O. The Morgan fingerprint density at radius 1 is 1.65 bits per heavy atom. The van der Waals surface area contributed by atoms with E-state index in [0.717, 1.165) is 6.42 Å². The molecule has 1 rings (SSSR count). The summed E-state index contributed by atoms with van der Waals surface area (Å²) in [4.78, 5) is 15.8. The van der Waals surface area contributed by atoms with Crippen LogP contribution < -0.4 is 11.1 Å². The Morgan fingerprint density at radius 2 is 2.35 bits per heavy atom. The number of carbonyl (C=O) groups is 1. The first-order valence-electron chi connectivity index (χ1n) is 5.69. The number of pyridine rings is 1. The van der Waals surface area contributed by atoms with Crippen LogP contribution in [0.2, 0.25) is 0 Å². The van der Waals surface area contributed by atoms with Crippen molar-refractivity contribution in [2.45, 2.75) is 32.8 Å². The lowest BCUT2D eigenvalue weighted by Crippen LogP contribution is -2.26. The van der Waals surface area contributed by atoms with E-state index in [1.165, 1.54) is 6.20 Å². The number of aliphatic hydroxyl groups excluding tert-OH is 1. The van der Waals surface area contributed by atoms with E-state index < -0.39 is 0 Å². The number of nitrogens with two attached hydrogens (primary N) is 1. The summed E-state index contributed by atoms with van der Waals surface area (Å²) in [6.07, 6.45) is 2.62. The Labute approximate surface area is 101 Å². The highest BCUT2D eigenvalue weighted by Gasteiger charge is 2.09. The number of nitrogen functional groups attached to an aromatic ring is 1. The molecule has 0 aliphatic rings. The van der Waals surface area contributed by atoms with E-state index in [1.807, 2.05) is 0 Å². The van der Waals surface area contributed by atoms with Crippen molar-refractivity contribution in [1.29, 1.82) is 0 Å². The molecule has 17 heavy (non-hydrogen) atoms. The van der Waals surface area contributed by atoms with Gasteiger partial charge in [0.05, 0.1) is 29.2 Å². The second-order valence-electron chi connectivity index (χ2n) is 4.15. The van der Waals surface area contributed by atoms with Gasteiger partial charge in [-0.1, -0.05) is 0 Å². The summed E-state index contributed by atoms with van der Waals surface area (Å²) in [6.45, 7) is 4.04. The van der Waals surface area contributed by atoms with E-state index in [-0.39, 0.29) is 12.0 Å². The number of carbonyl (C=O) groups excluding carboxylic acids is 1. The van der Waals surface area contributed by atoms with Gasteiger partial charge in [-0.05, 0) is 32.8 Å². The quantitative estimate of drug-likeness (QED) is 0.663. The largest absolute Gasteiger partial charge is 0.397 e. The summed E-state index contributed by atoms with van der Waals surface area (Å²) >= 11 is 0. The van der Waals surface area contributed by atoms with Crippen LogP contribution in [0.1, 0.15) is 35.8 Å². The average Bonchev–Trinajstić information content (AvgIpc) is 2.27. The van der Waals surface area contributed by atoms with Crippen molar-refractivity contribution in [3.63, 3.8) is 0 Å². The van der Waals surface area contributed by atoms with Gasteiger partial charge in [-0.3, -0.25) is 9.78 Å². The molecule has 0 saturated carbocycles. The topological polar surface area (TPSA) is 88.2 Å². The van der Waals surface area contributed by atoms with Gasteiger partial charge in [0.2, 0.25) is 0 Å². The summed E-state index contributed by atoms with van der Waals surface area (Å²) in [5, 5.41) is 11.9. The van der Waals surface area contributed by atoms with Crippen LogP contribution in [-0.4, -0.2) is 28.6 Å². The van der Waals surface area contributed by atoms with E-state index in [4.69, 9.17) is 10.8 Å². The maximum atomic E-state index is 11.8.